The molecule has 17 heavy (non-hydrogen) atoms. The third-order valence-electron chi connectivity index (χ3n) is 2.35. The molecule has 0 saturated heterocycles. The van der Waals surface area contributed by atoms with Crippen molar-refractivity contribution in [2.75, 3.05) is 25.1 Å². The smallest absolute Gasteiger partial charge is 0.0945 e. The van der Waals surface area contributed by atoms with Gasteiger partial charge in [-0.25, -0.2) is 0 Å². The number of hydrogen-bond acceptors (Lipinski definition) is 3. The van der Waals surface area contributed by atoms with E-state index in [-0.39, 0.29) is 0 Å². The van der Waals surface area contributed by atoms with Crippen molar-refractivity contribution in [1.29, 1.82) is 0 Å². The molecule has 0 amide bonds. The molecule has 4 heteroatoms. The van der Waals surface area contributed by atoms with Crippen LogP contribution in [0.1, 0.15) is 19.8 Å². The molecule has 3 nitrogen and oxygen atoms in total. The Morgan fingerprint density at radius 2 is 2.18 bits per heavy atom. The third-order valence-corrected chi connectivity index (χ3v) is 3.30. The number of nitrogens with one attached hydrogen (secondary N) is 1. The van der Waals surface area contributed by atoms with Gasteiger partial charge in [-0.05, 0) is 41.1 Å². The van der Waals surface area contributed by atoms with Crippen LogP contribution in [0.25, 0.3) is 0 Å². The molecule has 1 unspecified atom stereocenters. The molecule has 0 aromatic heterocycles. The number of unbranched alkanes of at least 4 members (excludes halogenated alkanes) is 1. The SMILES string of the molecule is CCCCOCC(O)CNc1ccccc1I. The van der Waals surface area contributed by atoms with Crippen molar-refractivity contribution in [3.8, 4) is 0 Å². The van der Waals surface area contributed by atoms with E-state index < -0.39 is 6.10 Å². The predicted octanol–water partition coefficient (Wildman–Crippen LogP) is 2.88. The summed E-state index contributed by atoms with van der Waals surface area (Å²) in [5.74, 6) is 0. The van der Waals surface area contributed by atoms with Crippen LogP contribution in [0.3, 0.4) is 0 Å². The van der Waals surface area contributed by atoms with E-state index in [0.29, 0.717) is 13.2 Å². The van der Waals surface area contributed by atoms with Crippen LogP contribution in [0.5, 0.6) is 0 Å². The zero-order valence-electron chi connectivity index (χ0n) is 10.2. The number of aliphatic hydroxyl groups excluding tert-OH is 1. The van der Waals surface area contributed by atoms with E-state index in [1.807, 2.05) is 24.3 Å². The fraction of sp³-hybridized carbons (Fsp3) is 0.538. The van der Waals surface area contributed by atoms with Gasteiger partial charge in [-0.2, -0.15) is 0 Å². The molecule has 0 aliphatic heterocycles. The van der Waals surface area contributed by atoms with Gasteiger partial charge in [0.2, 0.25) is 0 Å². The van der Waals surface area contributed by atoms with Crippen molar-refractivity contribution in [3.05, 3.63) is 27.8 Å². The first-order valence-corrected chi connectivity index (χ1v) is 7.06. The van der Waals surface area contributed by atoms with E-state index in [1.54, 1.807) is 0 Å². The summed E-state index contributed by atoms with van der Waals surface area (Å²) in [5.41, 5.74) is 1.06. The molecule has 1 aromatic rings. The topological polar surface area (TPSA) is 41.5 Å². The molecule has 1 aromatic carbocycles. The highest BCUT2D eigenvalue weighted by atomic mass is 127. The minimum Gasteiger partial charge on any atom is -0.389 e. The number of aliphatic hydroxyl groups is 1. The van der Waals surface area contributed by atoms with Crippen molar-refractivity contribution in [3.63, 3.8) is 0 Å². The van der Waals surface area contributed by atoms with Gasteiger partial charge in [0.25, 0.3) is 0 Å². The minimum absolute atomic E-state index is 0.399. The molecule has 0 aliphatic rings. The van der Waals surface area contributed by atoms with Crippen LogP contribution in [0.15, 0.2) is 24.3 Å². The average molecular weight is 349 g/mol. The lowest BCUT2D eigenvalue weighted by molar-refractivity contribution is 0.0421. The lowest BCUT2D eigenvalue weighted by Crippen LogP contribution is -2.25. The molecule has 0 bridgehead atoms. The summed E-state index contributed by atoms with van der Waals surface area (Å²) in [6, 6.07) is 8.02. The van der Waals surface area contributed by atoms with Crippen molar-refractivity contribution in [2.24, 2.45) is 0 Å². The molecule has 2 N–H and O–H groups in total. The number of hydrogen-bond donors (Lipinski definition) is 2. The number of benzene rings is 1. The monoisotopic (exact) mass is 349 g/mol. The van der Waals surface area contributed by atoms with Gasteiger partial charge < -0.3 is 15.2 Å². The molecule has 0 fully saturated rings. The first-order chi connectivity index (χ1) is 8.24. The van der Waals surface area contributed by atoms with Crippen molar-refractivity contribution < 1.29 is 9.84 Å². The Morgan fingerprint density at radius 1 is 1.41 bits per heavy atom. The fourth-order valence-corrected chi connectivity index (χ4v) is 1.94. The maximum Gasteiger partial charge on any atom is 0.0945 e. The first-order valence-electron chi connectivity index (χ1n) is 5.98. The number of ether oxygens (including phenoxy) is 1. The van der Waals surface area contributed by atoms with Gasteiger partial charge in [0, 0.05) is 22.4 Å². The quantitative estimate of drug-likeness (QED) is 0.560. The summed E-state index contributed by atoms with van der Waals surface area (Å²) in [6.07, 6.45) is 1.72. The zero-order chi connectivity index (χ0) is 12.5. The fourth-order valence-electron chi connectivity index (χ4n) is 1.36. The van der Waals surface area contributed by atoms with Gasteiger partial charge >= 0.3 is 0 Å². The molecular weight excluding hydrogens is 329 g/mol. The number of para-hydroxylation sites is 1. The Morgan fingerprint density at radius 3 is 2.88 bits per heavy atom. The van der Waals surface area contributed by atoms with Crippen LogP contribution in [0.2, 0.25) is 0 Å². The van der Waals surface area contributed by atoms with E-state index >= 15 is 0 Å². The second-order valence-electron chi connectivity index (χ2n) is 3.94. The molecule has 1 atom stereocenters. The summed E-state index contributed by atoms with van der Waals surface area (Å²) < 4.78 is 6.52. The highest BCUT2D eigenvalue weighted by Gasteiger charge is 2.05. The second kappa shape index (κ2) is 8.72. The van der Waals surface area contributed by atoms with E-state index in [0.717, 1.165) is 28.7 Å². The summed E-state index contributed by atoms with van der Waals surface area (Å²) in [5, 5.41) is 12.9. The van der Waals surface area contributed by atoms with Gasteiger partial charge in [-0.15, -0.1) is 0 Å². The van der Waals surface area contributed by atoms with E-state index in [2.05, 4.69) is 34.8 Å². The van der Waals surface area contributed by atoms with Crippen LogP contribution in [0.4, 0.5) is 5.69 Å². The standard InChI is InChI=1S/C13H20INO2/c1-2-3-8-17-10-11(16)9-15-13-7-5-4-6-12(13)14/h4-7,11,15-16H,2-3,8-10H2,1H3. The summed E-state index contributed by atoms with van der Waals surface area (Å²) >= 11 is 2.27. The summed E-state index contributed by atoms with van der Waals surface area (Å²) in [6.45, 7) is 3.78. The average Bonchev–Trinajstić information content (AvgIpc) is 2.34. The van der Waals surface area contributed by atoms with Gasteiger partial charge in [0.05, 0.1) is 12.7 Å². The maximum atomic E-state index is 9.71. The minimum atomic E-state index is -0.456. The number of rotatable bonds is 8. The zero-order valence-corrected chi connectivity index (χ0v) is 12.3. The van der Waals surface area contributed by atoms with E-state index in [1.165, 1.54) is 0 Å². The molecule has 1 rings (SSSR count). The first kappa shape index (κ1) is 14.7. The van der Waals surface area contributed by atoms with Crippen molar-refractivity contribution in [2.45, 2.75) is 25.9 Å². The Hall–Kier alpha value is -0.330. The largest absolute Gasteiger partial charge is 0.389 e. The lowest BCUT2D eigenvalue weighted by Gasteiger charge is -2.14. The van der Waals surface area contributed by atoms with Crippen LogP contribution in [0, 0.1) is 3.57 Å². The molecule has 0 heterocycles. The van der Waals surface area contributed by atoms with E-state index in [4.69, 9.17) is 4.74 Å². The van der Waals surface area contributed by atoms with Crippen LogP contribution in [-0.2, 0) is 4.74 Å². The summed E-state index contributed by atoms with van der Waals surface area (Å²) in [7, 11) is 0. The molecule has 0 spiro atoms. The second-order valence-corrected chi connectivity index (χ2v) is 5.11. The normalized spacial score (nSPS) is 12.4. The molecular formula is C13H20INO2. The molecule has 0 aliphatic carbocycles. The number of halogens is 1. The Kier molecular flexibility index (Phi) is 7.55. The van der Waals surface area contributed by atoms with E-state index in [9.17, 15) is 5.11 Å². The van der Waals surface area contributed by atoms with Crippen LogP contribution >= 0.6 is 22.6 Å². The van der Waals surface area contributed by atoms with Crippen LogP contribution < -0.4 is 5.32 Å². The molecule has 0 radical (unpaired) electrons. The van der Waals surface area contributed by atoms with Gasteiger partial charge in [-0.1, -0.05) is 25.5 Å². The maximum absolute atomic E-state index is 9.71. The number of anilines is 1. The molecule has 96 valence electrons. The van der Waals surface area contributed by atoms with Gasteiger partial charge in [0.1, 0.15) is 0 Å². The Balaban J connectivity index is 2.19. The third kappa shape index (κ3) is 6.24. The Labute approximate surface area is 117 Å². The van der Waals surface area contributed by atoms with Crippen molar-refractivity contribution >= 4 is 28.3 Å². The lowest BCUT2D eigenvalue weighted by atomic mass is 10.3. The summed E-state index contributed by atoms with van der Waals surface area (Å²) in [4.78, 5) is 0. The molecule has 0 saturated carbocycles. The van der Waals surface area contributed by atoms with Crippen LogP contribution in [-0.4, -0.2) is 31.0 Å². The highest BCUT2D eigenvalue weighted by Crippen LogP contribution is 2.16. The Bertz CT molecular complexity index is 320. The van der Waals surface area contributed by atoms with Gasteiger partial charge in [0.15, 0.2) is 0 Å². The van der Waals surface area contributed by atoms with Gasteiger partial charge in [-0.3, -0.25) is 0 Å². The highest BCUT2D eigenvalue weighted by molar-refractivity contribution is 14.1. The predicted molar refractivity (Wildman–Crippen MR) is 79.4 cm³/mol. The van der Waals surface area contributed by atoms with Crippen molar-refractivity contribution in [1.82, 2.24) is 0 Å².